The average molecular weight is 538 g/mol. The molecule has 4 rings (SSSR count). The van der Waals surface area contributed by atoms with Crippen LogP contribution in [-0.4, -0.2) is 39.5 Å². The van der Waals surface area contributed by atoms with Gasteiger partial charge in [-0.3, -0.25) is 14.7 Å². The quantitative estimate of drug-likeness (QED) is 0.176. The maximum atomic E-state index is 13.1. The summed E-state index contributed by atoms with van der Waals surface area (Å²) in [4.78, 5) is 26.9. The number of imidazole rings is 1. The fourth-order valence-corrected chi connectivity index (χ4v) is 4.61. The molecule has 2 aromatic carbocycles. The second-order valence-corrected chi connectivity index (χ2v) is 9.73. The number of carbonyl (C=O) groups excluding carboxylic acids is 1. The van der Waals surface area contributed by atoms with Crippen LogP contribution in [0.3, 0.4) is 0 Å². The summed E-state index contributed by atoms with van der Waals surface area (Å²) in [5, 5.41) is 3.09. The Bertz CT molecular complexity index is 1250. The molecule has 0 saturated carbocycles. The number of hydrogen-bond acceptors (Lipinski definition) is 5. The lowest BCUT2D eigenvalue weighted by Crippen LogP contribution is -2.29. The zero-order valence-electron chi connectivity index (χ0n) is 21.9. The fourth-order valence-electron chi connectivity index (χ4n) is 4.61. The molecule has 1 aliphatic heterocycles. The predicted molar refractivity (Wildman–Crippen MR) is 146 cm³/mol. The Balaban J connectivity index is 1.17. The van der Waals surface area contributed by atoms with Gasteiger partial charge in [0.2, 0.25) is 0 Å². The Hall–Kier alpha value is -3.56. The third kappa shape index (κ3) is 9.01. The van der Waals surface area contributed by atoms with E-state index in [0.717, 1.165) is 55.4 Å². The molecule has 0 fully saturated rings. The number of carbonyl (C=O) groups is 1. The van der Waals surface area contributed by atoms with Crippen molar-refractivity contribution in [2.75, 3.05) is 13.1 Å². The van der Waals surface area contributed by atoms with E-state index in [2.05, 4.69) is 31.3 Å². The molecular weight excluding hydrogens is 503 g/mol. The largest absolute Gasteiger partial charge is 0.416 e. The van der Waals surface area contributed by atoms with Crippen molar-refractivity contribution in [1.29, 1.82) is 0 Å². The first-order valence-corrected chi connectivity index (χ1v) is 13.3. The van der Waals surface area contributed by atoms with E-state index in [1.54, 1.807) is 12.3 Å². The van der Waals surface area contributed by atoms with Crippen LogP contribution in [-0.2, 0) is 25.8 Å². The highest BCUT2D eigenvalue weighted by Crippen LogP contribution is 2.31. The van der Waals surface area contributed by atoms with E-state index in [9.17, 15) is 18.0 Å². The normalized spacial score (nSPS) is 13.3. The fraction of sp³-hybridized carbons (Fsp3) is 0.367. The van der Waals surface area contributed by atoms with Crippen LogP contribution >= 0.6 is 0 Å². The average Bonchev–Trinajstić information content (AvgIpc) is 3.63. The van der Waals surface area contributed by atoms with Gasteiger partial charge in [-0.15, -0.1) is 0 Å². The van der Waals surface area contributed by atoms with Crippen LogP contribution in [0.15, 0.2) is 78.2 Å². The summed E-state index contributed by atoms with van der Waals surface area (Å²) in [7, 11) is 0. The van der Waals surface area contributed by atoms with Gasteiger partial charge in [-0.2, -0.15) is 13.2 Å². The molecule has 0 saturated heterocycles. The Morgan fingerprint density at radius 1 is 1.00 bits per heavy atom. The minimum absolute atomic E-state index is 0.104. The number of ketones is 1. The Morgan fingerprint density at radius 2 is 1.82 bits per heavy atom. The lowest BCUT2D eigenvalue weighted by molar-refractivity contribution is -0.138. The van der Waals surface area contributed by atoms with Gasteiger partial charge in [-0.1, -0.05) is 55.0 Å². The lowest BCUT2D eigenvalue weighted by Gasteiger charge is -2.21. The summed E-state index contributed by atoms with van der Waals surface area (Å²) in [5.74, 6) is 1.00. The van der Waals surface area contributed by atoms with E-state index in [1.165, 1.54) is 12.1 Å². The summed E-state index contributed by atoms with van der Waals surface area (Å²) in [5.41, 5.74) is 2.58. The van der Waals surface area contributed by atoms with Crippen LogP contribution in [0, 0.1) is 0 Å². The molecule has 0 unspecified atom stereocenters. The van der Waals surface area contributed by atoms with Gasteiger partial charge >= 0.3 is 6.18 Å². The number of aliphatic imine (C=N–C) groups is 1. The molecule has 2 N–H and O–H groups in total. The molecule has 3 aromatic rings. The number of hydrogen-bond donors (Lipinski definition) is 2. The molecule has 0 spiro atoms. The summed E-state index contributed by atoms with van der Waals surface area (Å²) in [6.45, 7) is 2.92. The number of rotatable bonds is 15. The van der Waals surface area contributed by atoms with Gasteiger partial charge in [0.1, 0.15) is 5.82 Å². The first kappa shape index (κ1) is 28.4. The van der Waals surface area contributed by atoms with Crippen LogP contribution < -0.4 is 5.32 Å². The zero-order chi connectivity index (χ0) is 27.5. The number of halogens is 3. The highest BCUT2D eigenvalue weighted by molar-refractivity contribution is 5.96. The van der Waals surface area contributed by atoms with Crippen molar-refractivity contribution < 1.29 is 18.0 Å². The minimum atomic E-state index is -4.35. The third-order valence-electron chi connectivity index (χ3n) is 6.63. The van der Waals surface area contributed by atoms with Crippen molar-refractivity contribution in [3.63, 3.8) is 0 Å². The monoisotopic (exact) mass is 537 g/mol. The summed E-state index contributed by atoms with van der Waals surface area (Å²) in [6.07, 6.45) is 6.80. The van der Waals surface area contributed by atoms with Crippen LogP contribution in [0.25, 0.3) is 0 Å². The smallest absolute Gasteiger partial charge is 0.348 e. The van der Waals surface area contributed by atoms with Crippen LogP contribution in [0.5, 0.6) is 0 Å². The Kier molecular flexibility index (Phi) is 10.2. The number of alkyl halides is 3. The molecule has 0 atom stereocenters. The number of aromatic nitrogens is 2. The second-order valence-electron chi connectivity index (χ2n) is 9.73. The zero-order valence-corrected chi connectivity index (χ0v) is 21.9. The van der Waals surface area contributed by atoms with Crippen molar-refractivity contribution in [3.8, 4) is 0 Å². The molecule has 0 aliphatic carbocycles. The molecule has 39 heavy (non-hydrogen) atoms. The van der Waals surface area contributed by atoms with Gasteiger partial charge in [0.15, 0.2) is 5.78 Å². The molecule has 6 nitrogen and oxygen atoms in total. The van der Waals surface area contributed by atoms with E-state index < -0.39 is 11.7 Å². The molecule has 9 heteroatoms. The predicted octanol–water partition coefficient (Wildman–Crippen LogP) is 6.32. The van der Waals surface area contributed by atoms with Crippen LogP contribution in [0.1, 0.15) is 65.0 Å². The highest BCUT2D eigenvalue weighted by Gasteiger charge is 2.32. The lowest BCUT2D eigenvalue weighted by atomic mass is 10.0. The molecule has 206 valence electrons. The van der Waals surface area contributed by atoms with Gasteiger partial charge in [-0.05, 0) is 36.6 Å². The van der Waals surface area contributed by atoms with Crippen molar-refractivity contribution in [3.05, 3.63) is 101 Å². The van der Waals surface area contributed by atoms with Crippen molar-refractivity contribution in [2.24, 2.45) is 4.99 Å². The standard InChI is InChI=1S/C30H34F3N5O/c31-30(32,33)27-9-4-3-7-25(27)19-34-15-5-1-2-10-28(39)24-13-11-23(12-14-24)20-38(21-26-8-6-16-35-26)22-29-36-17-18-37-29/h3-4,6-7,9,11-14,16-18,34H,1-2,5,8,10,15,19-22H2,(H,36,37). The number of allylic oxidation sites excluding steroid dienone is 1. The van der Waals surface area contributed by atoms with E-state index in [4.69, 9.17) is 0 Å². The third-order valence-corrected chi connectivity index (χ3v) is 6.63. The second kappa shape index (κ2) is 14.0. The minimum Gasteiger partial charge on any atom is -0.348 e. The molecule has 1 aliphatic rings. The highest BCUT2D eigenvalue weighted by atomic mass is 19.4. The Labute approximate surface area is 227 Å². The van der Waals surface area contributed by atoms with Crippen LogP contribution in [0.4, 0.5) is 13.2 Å². The first-order valence-electron chi connectivity index (χ1n) is 13.3. The maximum absolute atomic E-state index is 13.1. The van der Waals surface area contributed by atoms with E-state index in [1.807, 2.05) is 36.7 Å². The SMILES string of the molecule is O=C(CCCCCNCc1ccccc1C(F)(F)F)c1ccc(CN(CC2=NC=CC2)Cc2ncc[nH]2)cc1. The summed E-state index contributed by atoms with van der Waals surface area (Å²) in [6, 6.07) is 13.4. The van der Waals surface area contributed by atoms with Crippen molar-refractivity contribution in [1.82, 2.24) is 20.2 Å². The van der Waals surface area contributed by atoms with E-state index in [-0.39, 0.29) is 17.9 Å². The molecule has 0 bridgehead atoms. The first-order chi connectivity index (χ1) is 18.9. The molecular formula is C30H34F3N5O. The topological polar surface area (TPSA) is 73.4 Å². The summed E-state index contributed by atoms with van der Waals surface area (Å²) < 4.78 is 39.3. The van der Waals surface area contributed by atoms with E-state index in [0.29, 0.717) is 31.6 Å². The van der Waals surface area contributed by atoms with Gasteiger partial charge in [0.05, 0.1) is 12.1 Å². The van der Waals surface area contributed by atoms with Crippen LogP contribution in [0.2, 0.25) is 0 Å². The number of H-pyrrole nitrogens is 1. The molecule has 0 radical (unpaired) electrons. The van der Waals surface area contributed by atoms with Gasteiger partial charge in [0.25, 0.3) is 0 Å². The van der Waals surface area contributed by atoms with Crippen molar-refractivity contribution >= 4 is 11.5 Å². The number of nitrogens with one attached hydrogen (secondary N) is 2. The Morgan fingerprint density at radius 3 is 2.54 bits per heavy atom. The number of benzene rings is 2. The van der Waals surface area contributed by atoms with Gasteiger partial charge in [-0.25, -0.2) is 4.98 Å². The summed E-state index contributed by atoms with van der Waals surface area (Å²) >= 11 is 0. The molecule has 0 amide bonds. The number of unbranched alkanes of at least 4 members (excludes halogenated alkanes) is 2. The maximum Gasteiger partial charge on any atom is 0.416 e. The number of nitrogens with zero attached hydrogens (tertiary/aromatic N) is 3. The number of aromatic amines is 1. The van der Waals surface area contributed by atoms with Gasteiger partial charge in [0, 0.05) is 62.3 Å². The van der Waals surface area contributed by atoms with Gasteiger partial charge < -0.3 is 10.3 Å². The molecule has 1 aromatic heterocycles. The van der Waals surface area contributed by atoms with Crippen molar-refractivity contribution in [2.45, 2.75) is 57.9 Å². The molecule has 2 heterocycles. The van der Waals surface area contributed by atoms with E-state index >= 15 is 0 Å². The number of Topliss-reactive ketones (excluding diaryl/α,β-unsaturated/α-hetero) is 1.